The highest BCUT2D eigenvalue weighted by Gasteiger charge is 2.30. The molecule has 0 aliphatic carbocycles. The molecule has 2 heterocycles. The van der Waals surface area contributed by atoms with Crippen molar-refractivity contribution in [2.45, 2.75) is 0 Å². The number of hydrogen-bond acceptors (Lipinski definition) is 5. The molecule has 114 valence electrons. The van der Waals surface area contributed by atoms with E-state index in [9.17, 15) is 10.1 Å². The maximum atomic E-state index is 11.0. The number of fused-ring (bicyclic) bond motifs is 3. The summed E-state index contributed by atoms with van der Waals surface area (Å²) < 4.78 is 0. The van der Waals surface area contributed by atoms with Crippen molar-refractivity contribution in [2.75, 3.05) is 17.3 Å². The molecule has 0 saturated heterocycles. The smallest absolute Gasteiger partial charge is 0.270 e. The number of nitro benzene ring substituents is 1. The summed E-state index contributed by atoms with van der Waals surface area (Å²) in [6.45, 7) is 0. The van der Waals surface area contributed by atoms with Crippen LogP contribution in [0.3, 0.4) is 0 Å². The van der Waals surface area contributed by atoms with Gasteiger partial charge in [0.15, 0.2) is 0 Å². The summed E-state index contributed by atoms with van der Waals surface area (Å²) >= 11 is 0. The zero-order valence-electron chi connectivity index (χ0n) is 12.4. The topological polar surface area (TPSA) is 61.6 Å². The number of non-ortho nitro benzene ring substituents is 1. The second-order valence-corrected chi connectivity index (χ2v) is 5.41. The van der Waals surface area contributed by atoms with Gasteiger partial charge in [0.1, 0.15) is 5.82 Å². The summed E-state index contributed by atoms with van der Waals surface area (Å²) in [6.07, 6.45) is 3.94. The Labute approximate surface area is 133 Å². The number of nitro groups is 1. The largest absolute Gasteiger partial charge is 0.357 e. The number of nitrogens with one attached hydrogen (secondary N) is 1. The van der Waals surface area contributed by atoms with E-state index in [4.69, 9.17) is 0 Å². The molecule has 0 unspecified atom stereocenters. The number of nitrogens with zero attached hydrogens (tertiary/aromatic N) is 3. The van der Waals surface area contributed by atoms with Crippen molar-refractivity contribution in [1.29, 1.82) is 0 Å². The van der Waals surface area contributed by atoms with Gasteiger partial charge in [-0.15, -0.1) is 0 Å². The Kier molecular flexibility index (Phi) is 2.84. The van der Waals surface area contributed by atoms with Crippen LogP contribution in [0.4, 0.5) is 17.1 Å². The highest BCUT2D eigenvalue weighted by atomic mass is 16.6. The molecule has 6 nitrogen and oxygen atoms in total. The third-order valence-corrected chi connectivity index (χ3v) is 4.08. The first-order valence-electron chi connectivity index (χ1n) is 7.20. The third-order valence-electron chi connectivity index (χ3n) is 4.08. The molecule has 0 saturated carbocycles. The Morgan fingerprint density at radius 2 is 1.96 bits per heavy atom. The summed E-state index contributed by atoms with van der Waals surface area (Å²) in [4.78, 5) is 14.7. The molecular formula is C17H14N4O2. The lowest BCUT2D eigenvalue weighted by molar-refractivity contribution is -0.384. The van der Waals surface area contributed by atoms with Gasteiger partial charge in [-0.3, -0.25) is 15.0 Å². The maximum Gasteiger partial charge on any atom is 0.270 e. The average Bonchev–Trinajstić information content (AvgIpc) is 2.92. The lowest BCUT2D eigenvalue weighted by Gasteiger charge is -2.29. The van der Waals surface area contributed by atoms with Crippen LogP contribution in [0.1, 0.15) is 5.56 Å². The molecule has 4 rings (SSSR count). The molecule has 1 N–H and O–H groups in total. The molecule has 0 fully saturated rings. The first-order valence-corrected chi connectivity index (χ1v) is 7.20. The van der Waals surface area contributed by atoms with Crippen molar-refractivity contribution >= 4 is 22.8 Å². The molecule has 2 aromatic rings. The standard InChI is InChI=1S/C17H14N4O2/c1-19-16(12-5-4-6-13(9-12)21(22)23)11-20-15-8-3-2-7-14(15)18-10-17(19)20/h2-11,18H,1H3. The van der Waals surface area contributed by atoms with Crippen LogP contribution in [0, 0.1) is 10.1 Å². The molecule has 2 aliphatic heterocycles. The normalized spacial score (nSPS) is 15.3. The van der Waals surface area contributed by atoms with Crippen molar-refractivity contribution < 1.29 is 4.92 Å². The molecule has 6 heteroatoms. The predicted molar refractivity (Wildman–Crippen MR) is 89.5 cm³/mol. The highest BCUT2D eigenvalue weighted by Crippen LogP contribution is 2.41. The van der Waals surface area contributed by atoms with Crippen LogP contribution in [-0.4, -0.2) is 16.9 Å². The van der Waals surface area contributed by atoms with Crippen molar-refractivity contribution in [1.82, 2.24) is 4.90 Å². The zero-order valence-corrected chi connectivity index (χ0v) is 12.4. The van der Waals surface area contributed by atoms with Crippen LogP contribution in [0.15, 0.2) is 66.8 Å². The van der Waals surface area contributed by atoms with E-state index in [2.05, 4.69) is 10.2 Å². The van der Waals surface area contributed by atoms with E-state index < -0.39 is 0 Å². The molecule has 2 aromatic carbocycles. The van der Waals surface area contributed by atoms with Gasteiger partial charge in [0.2, 0.25) is 0 Å². The molecule has 0 bridgehead atoms. The summed E-state index contributed by atoms with van der Waals surface area (Å²) in [5.74, 6) is 0.977. The predicted octanol–water partition coefficient (Wildman–Crippen LogP) is 3.57. The Hall–Kier alpha value is -3.28. The molecule has 0 aromatic heterocycles. The van der Waals surface area contributed by atoms with Crippen LogP contribution >= 0.6 is 0 Å². The molecular weight excluding hydrogens is 292 g/mol. The van der Waals surface area contributed by atoms with E-state index >= 15 is 0 Å². The van der Waals surface area contributed by atoms with Crippen molar-refractivity contribution in [2.24, 2.45) is 0 Å². The summed E-state index contributed by atoms with van der Waals surface area (Å²) in [5, 5.41) is 14.3. The summed E-state index contributed by atoms with van der Waals surface area (Å²) in [6, 6.07) is 14.7. The number of benzene rings is 2. The molecule has 2 aliphatic rings. The first-order chi connectivity index (χ1) is 11.1. The second-order valence-electron chi connectivity index (χ2n) is 5.41. The molecule has 0 atom stereocenters. The van der Waals surface area contributed by atoms with Crippen molar-refractivity contribution in [3.63, 3.8) is 0 Å². The van der Waals surface area contributed by atoms with Crippen LogP contribution in [-0.2, 0) is 0 Å². The minimum absolute atomic E-state index is 0.0918. The van der Waals surface area contributed by atoms with E-state index in [-0.39, 0.29) is 10.6 Å². The van der Waals surface area contributed by atoms with Gasteiger partial charge in [-0.05, 0) is 12.1 Å². The SMILES string of the molecule is CN1C(c2cccc([N+](=O)[O-])c2)=CN2C1=CNc1ccccc12. The monoisotopic (exact) mass is 306 g/mol. The minimum atomic E-state index is -0.373. The fourth-order valence-corrected chi connectivity index (χ4v) is 2.91. The van der Waals surface area contributed by atoms with E-state index in [1.165, 1.54) is 6.07 Å². The maximum absolute atomic E-state index is 11.0. The van der Waals surface area contributed by atoms with Crippen LogP contribution < -0.4 is 10.2 Å². The lowest BCUT2D eigenvalue weighted by atomic mass is 10.1. The van der Waals surface area contributed by atoms with E-state index in [0.29, 0.717) is 0 Å². The van der Waals surface area contributed by atoms with Crippen LogP contribution in [0.25, 0.3) is 5.70 Å². The summed E-state index contributed by atoms with van der Waals surface area (Å²) in [5.41, 5.74) is 3.90. The fourth-order valence-electron chi connectivity index (χ4n) is 2.91. The van der Waals surface area contributed by atoms with Gasteiger partial charge in [-0.25, -0.2) is 0 Å². The Balaban J connectivity index is 1.80. The van der Waals surface area contributed by atoms with Gasteiger partial charge in [0.05, 0.1) is 22.0 Å². The van der Waals surface area contributed by atoms with Gasteiger partial charge in [0, 0.05) is 37.1 Å². The Morgan fingerprint density at radius 1 is 1.13 bits per heavy atom. The summed E-state index contributed by atoms with van der Waals surface area (Å²) in [7, 11) is 1.95. The van der Waals surface area contributed by atoms with Crippen molar-refractivity contribution in [3.8, 4) is 0 Å². The van der Waals surface area contributed by atoms with Gasteiger partial charge in [-0.1, -0.05) is 24.3 Å². The van der Waals surface area contributed by atoms with Gasteiger partial charge in [-0.2, -0.15) is 0 Å². The molecule has 0 radical (unpaired) electrons. The fraction of sp³-hybridized carbons (Fsp3) is 0.0588. The van der Waals surface area contributed by atoms with E-state index in [1.54, 1.807) is 12.1 Å². The minimum Gasteiger partial charge on any atom is -0.357 e. The second kappa shape index (κ2) is 4.88. The van der Waals surface area contributed by atoms with Crippen molar-refractivity contribution in [3.05, 3.63) is 82.4 Å². The lowest BCUT2D eigenvalue weighted by Crippen LogP contribution is -2.25. The Morgan fingerprint density at radius 3 is 2.78 bits per heavy atom. The molecule has 23 heavy (non-hydrogen) atoms. The van der Waals surface area contributed by atoms with Crippen LogP contribution in [0.5, 0.6) is 0 Å². The van der Waals surface area contributed by atoms with E-state index in [1.807, 2.05) is 54.7 Å². The van der Waals surface area contributed by atoms with Gasteiger partial charge in [0.25, 0.3) is 5.69 Å². The number of anilines is 2. The number of hydrogen-bond donors (Lipinski definition) is 1. The molecule has 0 spiro atoms. The number of para-hydroxylation sites is 2. The van der Waals surface area contributed by atoms with Crippen LogP contribution in [0.2, 0.25) is 0 Å². The Bertz CT molecular complexity index is 872. The average molecular weight is 306 g/mol. The third kappa shape index (κ3) is 2.03. The molecule has 0 amide bonds. The highest BCUT2D eigenvalue weighted by molar-refractivity contribution is 5.84. The quantitative estimate of drug-likeness (QED) is 0.679. The van der Waals surface area contributed by atoms with Gasteiger partial charge >= 0.3 is 0 Å². The van der Waals surface area contributed by atoms with Gasteiger partial charge < -0.3 is 10.2 Å². The number of rotatable bonds is 2. The first kappa shape index (κ1) is 13.4. The zero-order chi connectivity index (χ0) is 16.0. The van der Waals surface area contributed by atoms with E-state index in [0.717, 1.165) is 28.5 Å².